The second-order valence-corrected chi connectivity index (χ2v) is 6.88. The van der Waals surface area contributed by atoms with Crippen LogP contribution in [0, 0.1) is 11.3 Å². The Balaban J connectivity index is 1.90. The van der Waals surface area contributed by atoms with Gasteiger partial charge in [0.05, 0.1) is 4.99 Å². The molecular formula is C15H26N2OS. The molecule has 0 aromatic rings. The third-order valence-electron chi connectivity index (χ3n) is 4.98. The Morgan fingerprint density at radius 1 is 1.16 bits per heavy atom. The summed E-state index contributed by atoms with van der Waals surface area (Å²) in [7, 11) is 0. The van der Waals surface area contributed by atoms with Crippen molar-refractivity contribution in [3.63, 3.8) is 0 Å². The van der Waals surface area contributed by atoms with Crippen molar-refractivity contribution in [3.8, 4) is 0 Å². The highest BCUT2D eigenvalue weighted by atomic mass is 32.1. The number of carbonyl (C=O) groups is 1. The van der Waals surface area contributed by atoms with Gasteiger partial charge >= 0.3 is 0 Å². The number of likely N-dealkylation sites (tertiary alicyclic amines) is 1. The van der Waals surface area contributed by atoms with Crippen LogP contribution in [0.1, 0.15) is 58.3 Å². The SMILES string of the molecule is CC1(C(N)=S)CCN(C(=O)C2CCCCCC2)CC1. The van der Waals surface area contributed by atoms with E-state index in [2.05, 4.69) is 11.8 Å². The zero-order valence-corrected chi connectivity index (χ0v) is 12.8. The number of amides is 1. The van der Waals surface area contributed by atoms with Crippen LogP contribution < -0.4 is 5.73 Å². The van der Waals surface area contributed by atoms with Gasteiger partial charge < -0.3 is 10.6 Å². The first kappa shape index (κ1) is 14.8. The highest BCUT2D eigenvalue weighted by Gasteiger charge is 2.35. The van der Waals surface area contributed by atoms with Gasteiger partial charge in [-0.25, -0.2) is 0 Å². The molecule has 3 nitrogen and oxygen atoms in total. The van der Waals surface area contributed by atoms with E-state index in [-0.39, 0.29) is 11.3 Å². The fraction of sp³-hybridized carbons (Fsp3) is 0.867. The van der Waals surface area contributed by atoms with E-state index < -0.39 is 0 Å². The van der Waals surface area contributed by atoms with Gasteiger partial charge in [0, 0.05) is 24.4 Å². The molecule has 1 heterocycles. The number of thiocarbonyl (C=S) groups is 1. The molecule has 0 aromatic heterocycles. The van der Waals surface area contributed by atoms with E-state index in [0.717, 1.165) is 38.8 Å². The number of piperidine rings is 1. The standard InChI is InChI=1S/C15H26N2OS/c1-15(14(16)19)8-10-17(11-9-15)13(18)12-6-4-2-3-5-7-12/h12H,2-11H2,1H3,(H2,16,19). The van der Waals surface area contributed by atoms with Crippen LogP contribution >= 0.6 is 12.2 Å². The predicted molar refractivity (Wildman–Crippen MR) is 81.9 cm³/mol. The van der Waals surface area contributed by atoms with Crippen LogP contribution in [0.15, 0.2) is 0 Å². The van der Waals surface area contributed by atoms with Crippen molar-refractivity contribution in [2.75, 3.05) is 13.1 Å². The van der Waals surface area contributed by atoms with Crippen molar-refractivity contribution < 1.29 is 4.79 Å². The maximum atomic E-state index is 12.5. The van der Waals surface area contributed by atoms with Gasteiger partial charge in [-0.15, -0.1) is 0 Å². The lowest BCUT2D eigenvalue weighted by Crippen LogP contribution is -2.48. The molecule has 2 rings (SSSR count). The smallest absolute Gasteiger partial charge is 0.225 e. The van der Waals surface area contributed by atoms with Gasteiger partial charge in [0.25, 0.3) is 0 Å². The van der Waals surface area contributed by atoms with E-state index in [4.69, 9.17) is 18.0 Å². The zero-order chi connectivity index (χ0) is 13.9. The van der Waals surface area contributed by atoms with Crippen molar-refractivity contribution in [1.29, 1.82) is 0 Å². The Morgan fingerprint density at radius 2 is 1.68 bits per heavy atom. The van der Waals surface area contributed by atoms with Crippen molar-refractivity contribution in [3.05, 3.63) is 0 Å². The molecule has 0 spiro atoms. The quantitative estimate of drug-likeness (QED) is 0.626. The molecule has 0 atom stereocenters. The van der Waals surface area contributed by atoms with Gasteiger partial charge in [0.2, 0.25) is 5.91 Å². The maximum Gasteiger partial charge on any atom is 0.225 e. The number of rotatable bonds is 2. The summed E-state index contributed by atoms with van der Waals surface area (Å²) in [6.07, 6.45) is 9.03. The summed E-state index contributed by atoms with van der Waals surface area (Å²) in [5.74, 6) is 0.656. The molecule has 0 bridgehead atoms. The molecule has 1 amide bonds. The molecule has 19 heavy (non-hydrogen) atoms. The van der Waals surface area contributed by atoms with Crippen molar-refractivity contribution in [1.82, 2.24) is 4.90 Å². The van der Waals surface area contributed by atoms with Crippen LogP contribution in [-0.2, 0) is 4.79 Å². The topological polar surface area (TPSA) is 46.3 Å². The molecule has 2 aliphatic rings. The molecule has 1 saturated carbocycles. The van der Waals surface area contributed by atoms with Crippen LogP contribution in [-0.4, -0.2) is 28.9 Å². The minimum atomic E-state index is -0.0461. The third-order valence-corrected chi connectivity index (χ3v) is 5.47. The molecule has 1 saturated heterocycles. The van der Waals surface area contributed by atoms with Gasteiger partial charge in [-0.1, -0.05) is 44.8 Å². The third kappa shape index (κ3) is 3.47. The zero-order valence-electron chi connectivity index (χ0n) is 12.0. The monoisotopic (exact) mass is 282 g/mol. The van der Waals surface area contributed by atoms with Gasteiger partial charge in [-0.2, -0.15) is 0 Å². The fourth-order valence-corrected chi connectivity index (χ4v) is 3.46. The minimum Gasteiger partial charge on any atom is -0.393 e. The lowest BCUT2D eigenvalue weighted by Gasteiger charge is -2.39. The Bertz CT molecular complexity index is 340. The Labute approximate surface area is 121 Å². The Hall–Kier alpha value is -0.640. The lowest BCUT2D eigenvalue weighted by atomic mass is 9.80. The number of nitrogens with zero attached hydrogens (tertiary/aromatic N) is 1. The highest BCUT2D eigenvalue weighted by molar-refractivity contribution is 7.80. The van der Waals surface area contributed by atoms with E-state index in [1.807, 2.05) is 0 Å². The number of carbonyl (C=O) groups excluding carboxylic acids is 1. The van der Waals surface area contributed by atoms with Crippen molar-refractivity contribution in [2.45, 2.75) is 58.3 Å². The summed E-state index contributed by atoms with van der Waals surface area (Å²) in [6.45, 7) is 3.77. The van der Waals surface area contributed by atoms with Crippen LogP contribution in [0.3, 0.4) is 0 Å². The normalized spacial score (nSPS) is 24.8. The van der Waals surface area contributed by atoms with E-state index in [9.17, 15) is 4.79 Å². The molecule has 4 heteroatoms. The summed E-state index contributed by atoms with van der Waals surface area (Å²) < 4.78 is 0. The first-order valence-electron chi connectivity index (χ1n) is 7.62. The van der Waals surface area contributed by atoms with Crippen LogP contribution in [0.4, 0.5) is 0 Å². The van der Waals surface area contributed by atoms with Crippen LogP contribution in [0.25, 0.3) is 0 Å². The summed E-state index contributed by atoms with van der Waals surface area (Å²) >= 11 is 5.15. The molecule has 2 N–H and O–H groups in total. The van der Waals surface area contributed by atoms with Crippen LogP contribution in [0.5, 0.6) is 0 Å². The molecule has 108 valence electrons. The lowest BCUT2D eigenvalue weighted by molar-refractivity contribution is -0.137. The molecular weight excluding hydrogens is 256 g/mol. The van der Waals surface area contributed by atoms with Crippen molar-refractivity contribution in [2.24, 2.45) is 17.1 Å². The number of hydrogen-bond acceptors (Lipinski definition) is 2. The molecule has 0 radical (unpaired) electrons. The second-order valence-electron chi connectivity index (χ2n) is 6.44. The number of nitrogens with two attached hydrogens (primary N) is 1. The fourth-order valence-electron chi connectivity index (χ4n) is 3.25. The van der Waals surface area contributed by atoms with E-state index >= 15 is 0 Å². The van der Waals surface area contributed by atoms with E-state index in [1.165, 1.54) is 25.7 Å². The first-order chi connectivity index (χ1) is 9.03. The van der Waals surface area contributed by atoms with Crippen LogP contribution in [0.2, 0.25) is 0 Å². The molecule has 0 aromatic carbocycles. The van der Waals surface area contributed by atoms with Gasteiger partial charge in [-0.05, 0) is 25.7 Å². The molecule has 1 aliphatic heterocycles. The Morgan fingerprint density at radius 3 is 2.16 bits per heavy atom. The largest absolute Gasteiger partial charge is 0.393 e. The van der Waals surface area contributed by atoms with Gasteiger partial charge in [0.1, 0.15) is 0 Å². The highest BCUT2D eigenvalue weighted by Crippen LogP contribution is 2.33. The average Bonchev–Trinajstić information content (AvgIpc) is 2.67. The predicted octanol–water partition coefficient (Wildman–Crippen LogP) is 2.87. The average molecular weight is 282 g/mol. The summed E-state index contributed by atoms with van der Waals surface area (Å²) in [5, 5.41) is 0. The summed E-state index contributed by atoms with van der Waals surface area (Å²) in [5.41, 5.74) is 5.77. The molecule has 1 aliphatic carbocycles. The molecule has 2 fully saturated rings. The van der Waals surface area contributed by atoms with E-state index in [0.29, 0.717) is 10.9 Å². The first-order valence-corrected chi connectivity index (χ1v) is 8.02. The summed E-state index contributed by atoms with van der Waals surface area (Å²) in [4.78, 5) is 15.2. The van der Waals surface area contributed by atoms with Crippen molar-refractivity contribution >= 4 is 23.1 Å². The Kier molecular flexibility index (Phi) is 4.82. The molecule has 0 unspecified atom stereocenters. The number of hydrogen-bond donors (Lipinski definition) is 1. The van der Waals surface area contributed by atoms with Gasteiger partial charge in [-0.3, -0.25) is 4.79 Å². The van der Waals surface area contributed by atoms with Gasteiger partial charge in [0.15, 0.2) is 0 Å². The minimum absolute atomic E-state index is 0.0461. The van der Waals surface area contributed by atoms with E-state index in [1.54, 1.807) is 0 Å². The summed E-state index contributed by atoms with van der Waals surface area (Å²) in [6, 6.07) is 0. The second kappa shape index (κ2) is 6.21. The maximum absolute atomic E-state index is 12.5.